The van der Waals surface area contributed by atoms with Gasteiger partial charge in [0.05, 0.1) is 10.2 Å². The Morgan fingerprint density at radius 1 is 1.26 bits per heavy atom. The van der Waals surface area contributed by atoms with Gasteiger partial charge in [-0.05, 0) is 61.7 Å². The van der Waals surface area contributed by atoms with Gasteiger partial charge in [-0.1, -0.05) is 27.3 Å². The number of fused-ring (bicyclic) bond motifs is 1. The van der Waals surface area contributed by atoms with Crippen LogP contribution < -0.4 is 10.2 Å². The second-order valence-corrected chi connectivity index (χ2v) is 8.74. The first kappa shape index (κ1) is 18.4. The van der Waals surface area contributed by atoms with Crippen molar-refractivity contribution in [2.75, 3.05) is 23.3 Å². The Balaban J connectivity index is 1.39. The summed E-state index contributed by atoms with van der Waals surface area (Å²) >= 11 is 4.94. The number of aromatic nitrogens is 1. The van der Waals surface area contributed by atoms with E-state index in [0.29, 0.717) is 0 Å². The van der Waals surface area contributed by atoms with E-state index < -0.39 is 0 Å². The van der Waals surface area contributed by atoms with Gasteiger partial charge >= 0.3 is 0 Å². The quantitative estimate of drug-likeness (QED) is 0.587. The van der Waals surface area contributed by atoms with Gasteiger partial charge in [0.25, 0.3) is 0 Å². The summed E-state index contributed by atoms with van der Waals surface area (Å²) in [5.41, 5.74) is 2.72. The predicted molar refractivity (Wildman–Crippen MR) is 112 cm³/mol. The maximum Gasteiger partial charge on any atom is 0.227 e. The van der Waals surface area contributed by atoms with Crippen molar-refractivity contribution in [2.24, 2.45) is 5.92 Å². The first-order chi connectivity index (χ1) is 13.0. The number of anilines is 2. The van der Waals surface area contributed by atoms with Crippen molar-refractivity contribution in [1.29, 1.82) is 0 Å². The zero-order chi connectivity index (χ0) is 19.0. The van der Waals surface area contributed by atoms with Gasteiger partial charge in [0.15, 0.2) is 5.13 Å². The summed E-state index contributed by atoms with van der Waals surface area (Å²) in [5.74, 6) is -0.168. The highest BCUT2D eigenvalue weighted by Crippen LogP contribution is 2.32. The average molecular weight is 448 g/mol. The molecule has 4 nitrogen and oxygen atoms in total. The summed E-state index contributed by atoms with van der Waals surface area (Å²) in [6.07, 6.45) is 1.57. The van der Waals surface area contributed by atoms with E-state index >= 15 is 0 Å². The lowest BCUT2D eigenvalue weighted by molar-refractivity contribution is -0.120. The molecule has 3 aromatic rings. The number of nitrogens with zero attached hydrogens (tertiary/aromatic N) is 2. The van der Waals surface area contributed by atoms with E-state index in [1.807, 2.05) is 25.1 Å². The van der Waals surface area contributed by atoms with Crippen molar-refractivity contribution in [3.63, 3.8) is 0 Å². The van der Waals surface area contributed by atoms with Gasteiger partial charge in [0, 0.05) is 29.2 Å². The molecule has 1 fully saturated rings. The van der Waals surface area contributed by atoms with Crippen molar-refractivity contribution in [3.05, 3.63) is 52.3 Å². The van der Waals surface area contributed by atoms with Crippen molar-refractivity contribution >= 4 is 54.2 Å². The van der Waals surface area contributed by atoms with Gasteiger partial charge in [-0.25, -0.2) is 9.37 Å². The van der Waals surface area contributed by atoms with E-state index in [0.717, 1.165) is 57.0 Å². The molecule has 2 heterocycles. The van der Waals surface area contributed by atoms with Crippen LogP contribution in [0.25, 0.3) is 10.2 Å². The SMILES string of the molecule is Cc1cc(Br)ccc1NC(=O)C1CCN(c2nc3ccc(F)cc3s2)CC1. The number of thiazole rings is 1. The number of aryl methyl sites for hydroxylation is 1. The van der Waals surface area contributed by atoms with Crippen LogP contribution in [0, 0.1) is 18.7 Å². The minimum atomic E-state index is -0.240. The molecular formula is C20H19BrFN3OS. The Morgan fingerprint density at radius 2 is 2.04 bits per heavy atom. The maximum absolute atomic E-state index is 13.4. The molecule has 2 aromatic carbocycles. The molecule has 1 aliphatic heterocycles. The Morgan fingerprint density at radius 3 is 2.78 bits per heavy atom. The zero-order valence-electron chi connectivity index (χ0n) is 14.8. The number of rotatable bonds is 3. The molecular weight excluding hydrogens is 429 g/mol. The van der Waals surface area contributed by atoms with Crippen LogP contribution >= 0.6 is 27.3 Å². The zero-order valence-corrected chi connectivity index (χ0v) is 17.2. The fourth-order valence-corrected chi connectivity index (χ4v) is 4.87. The highest BCUT2D eigenvalue weighted by molar-refractivity contribution is 9.10. The van der Waals surface area contributed by atoms with E-state index in [2.05, 4.69) is 31.1 Å². The lowest BCUT2D eigenvalue weighted by atomic mass is 9.96. The average Bonchev–Trinajstić information content (AvgIpc) is 3.07. The number of carbonyl (C=O) groups is 1. The molecule has 1 amide bonds. The molecule has 4 rings (SSSR count). The lowest BCUT2D eigenvalue weighted by Gasteiger charge is -2.31. The largest absolute Gasteiger partial charge is 0.348 e. The molecule has 0 aliphatic carbocycles. The number of hydrogen-bond acceptors (Lipinski definition) is 4. The molecule has 0 atom stereocenters. The third-order valence-corrected chi connectivity index (χ3v) is 6.49. The topological polar surface area (TPSA) is 45.2 Å². The fourth-order valence-electron chi connectivity index (χ4n) is 3.36. The molecule has 0 radical (unpaired) electrons. The van der Waals surface area contributed by atoms with Gasteiger partial charge < -0.3 is 10.2 Å². The number of amides is 1. The Labute approximate surface area is 169 Å². The minimum Gasteiger partial charge on any atom is -0.348 e. The third kappa shape index (κ3) is 3.99. The van der Waals surface area contributed by atoms with E-state index in [9.17, 15) is 9.18 Å². The fraction of sp³-hybridized carbons (Fsp3) is 0.300. The molecule has 1 N–H and O–H groups in total. The summed E-state index contributed by atoms with van der Waals surface area (Å²) in [6.45, 7) is 3.54. The Hall–Kier alpha value is -1.99. The summed E-state index contributed by atoms with van der Waals surface area (Å²) < 4.78 is 15.2. The highest BCUT2D eigenvalue weighted by atomic mass is 79.9. The van der Waals surface area contributed by atoms with Crippen molar-refractivity contribution in [1.82, 2.24) is 4.98 Å². The van der Waals surface area contributed by atoms with Crippen LogP contribution in [0.3, 0.4) is 0 Å². The number of halogens is 2. The van der Waals surface area contributed by atoms with Crippen molar-refractivity contribution < 1.29 is 9.18 Å². The molecule has 0 spiro atoms. The Kier molecular flexibility index (Phi) is 5.14. The molecule has 140 valence electrons. The molecule has 27 heavy (non-hydrogen) atoms. The molecule has 0 saturated carbocycles. The van der Waals surface area contributed by atoms with E-state index in [1.165, 1.54) is 23.5 Å². The van der Waals surface area contributed by atoms with Crippen LogP contribution in [0.1, 0.15) is 18.4 Å². The van der Waals surface area contributed by atoms with Crippen LogP contribution in [0.4, 0.5) is 15.2 Å². The first-order valence-corrected chi connectivity index (χ1v) is 10.5. The third-order valence-electron chi connectivity index (χ3n) is 4.92. The Bertz CT molecular complexity index is 998. The van der Waals surface area contributed by atoms with E-state index in [-0.39, 0.29) is 17.6 Å². The minimum absolute atomic E-state index is 0.00359. The van der Waals surface area contributed by atoms with Crippen LogP contribution in [0.15, 0.2) is 40.9 Å². The standard InChI is InChI=1S/C20H19BrFN3OS/c1-12-10-14(21)2-4-16(12)23-19(26)13-6-8-25(9-7-13)20-24-17-5-3-15(22)11-18(17)27-20/h2-5,10-11,13H,6-9H2,1H3,(H,23,26). The molecule has 1 aromatic heterocycles. The van der Waals surface area contributed by atoms with Gasteiger partial charge in [0.1, 0.15) is 5.82 Å². The summed E-state index contributed by atoms with van der Waals surface area (Å²) in [5, 5.41) is 3.96. The highest BCUT2D eigenvalue weighted by Gasteiger charge is 2.26. The second-order valence-electron chi connectivity index (χ2n) is 6.82. The van der Waals surface area contributed by atoms with Gasteiger partial charge in [-0.3, -0.25) is 4.79 Å². The monoisotopic (exact) mass is 447 g/mol. The number of benzene rings is 2. The maximum atomic E-state index is 13.4. The predicted octanol–water partition coefficient (Wildman–Crippen LogP) is 5.36. The number of piperidine rings is 1. The van der Waals surface area contributed by atoms with Gasteiger partial charge in [0.2, 0.25) is 5.91 Å². The smallest absolute Gasteiger partial charge is 0.227 e. The van der Waals surface area contributed by atoms with Crippen LogP contribution in [0.5, 0.6) is 0 Å². The molecule has 1 saturated heterocycles. The van der Waals surface area contributed by atoms with Crippen LogP contribution in [-0.2, 0) is 4.79 Å². The number of nitrogens with one attached hydrogen (secondary N) is 1. The van der Waals surface area contributed by atoms with E-state index in [4.69, 9.17) is 0 Å². The second kappa shape index (κ2) is 7.56. The van der Waals surface area contributed by atoms with Gasteiger partial charge in [-0.15, -0.1) is 0 Å². The first-order valence-electron chi connectivity index (χ1n) is 8.87. The van der Waals surface area contributed by atoms with Crippen LogP contribution in [-0.4, -0.2) is 24.0 Å². The normalized spacial score (nSPS) is 15.3. The molecule has 0 unspecified atom stereocenters. The van der Waals surface area contributed by atoms with Crippen LogP contribution in [0.2, 0.25) is 0 Å². The molecule has 7 heteroatoms. The van der Waals surface area contributed by atoms with Gasteiger partial charge in [-0.2, -0.15) is 0 Å². The number of carbonyl (C=O) groups excluding carboxylic acids is 1. The van der Waals surface area contributed by atoms with E-state index in [1.54, 1.807) is 6.07 Å². The molecule has 0 bridgehead atoms. The van der Waals surface area contributed by atoms with Crippen molar-refractivity contribution in [3.8, 4) is 0 Å². The lowest BCUT2D eigenvalue weighted by Crippen LogP contribution is -2.38. The summed E-state index contributed by atoms with van der Waals surface area (Å²) in [7, 11) is 0. The summed E-state index contributed by atoms with van der Waals surface area (Å²) in [6, 6.07) is 10.5. The van der Waals surface area contributed by atoms with Crippen molar-refractivity contribution in [2.45, 2.75) is 19.8 Å². The summed E-state index contributed by atoms with van der Waals surface area (Å²) in [4.78, 5) is 19.4. The molecule has 1 aliphatic rings. The number of hydrogen-bond donors (Lipinski definition) is 1.